The van der Waals surface area contributed by atoms with Crippen LogP contribution in [0.1, 0.15) is 0 Å². The molecule has 0 aliphatic carbocycles. The molecule has 0 spiro atoms. The van der Waals surface area contributed by atoms with E-state index >= 15 is 0 Å². The molecule has 0 aliphatic heterocycles. The third-order valence-corrected chi connectivity index (χ3v) is 2.12. The normalized spacial score (nSPS) is 10.2. The Bertz CT molecular complexity index is 525. The Kier molecular flexibility index (Phi) is 2.21. The van der Waals surface area contributed by atoms with Gasteiger partial charge in [-0.05, 0) is 18.2 Å². The Morgan fingerprint density at radius 3 is 2.87 bits per heavy atom. The van der Waals surface area contributed by atoms with E-state index in [1.807, 2.05) is 0 Å². The van der Waals surface area contributed by atoms with E-state index in [-0.39, 0.29) is 11.4 Å². The number of methoxy groups -OCH3 is 1. The smallest absolute Gasteiger partial charge is 0.311 e. The predicted molar refractivity (Wildman–Crippen MR) is 54.9 cm³/mol. The molecule has 2 rings (SSSR count). The molecular weight excluding hydrogens is 196 g/mol. The number of nitro groups is 1. The molecule has 0 saturated carbocycles. The molecule has 0 aliphatic rings. The van der Waals surface area contributed by atoms with Crippen LogP contribution in [-0.4, -0.2) is 17.0 Å². The van der Waals surface area contributed by atoms with Crippen molar-refractivity contribution in [3.8, 4) is 5.75 Å². The van der Waals surface area contributed by atoms with E-state index in [1.54, 1.807) is 24.4 Å². The molecule has 5 heteroatoms. The second-order valence-electron chi connectivity index (χ2n) is 2.95. The minimum Gasteiger partial charge on any atom is -0.490 e. The summed E-state index contributed by atoms with van der Waals surface area (Å²) in [5.41, 5.74) is 0.637. The average molecular weight is 204 g/mol. The van der Waals surface area contributed by atoms with Gasteiger partial charge >= 0.3 is 5.69 Å². The SMILES string of the molecule is COc1c([N+](=O)[O-])ccc2ncccc12. The van der Waals surface area contributed by atoms with Crippen molar-refractivity contribution in [1.82, 2.24) is 4.98 Å². The van der Waals surface area contributed by atoms with Gasteiger partial charge in [0.25, 0.3) is 0 Å². The second-order valence-corrected chi connectivity index (χ2v) is 2.95. The van der Waals surface area contributed by atoms with E-state index in [1.165, 1.54) is 13.2 Å². The molecule has 0 amide bonds. The van der Waals surface area contributed by atoms with E-state index in [4.69, 9.17) is 4.74 Å². The lowest BCUT2D eigenvalue weighted by Gasteiger charge is -2.04. The zero-order valence-corrected chi connectivity index (χ0v) is 8.01. The molecule has 5 nitrogen and oxygen atoms in total. The van der Waals surface area contributed by atoms with Gasteiger partial charge in [-0.25, -0.2) is 0 Å². The van der Waals surface area contributed by atoms with Crippen LogP contribution in [0.3, 0.4) is 0 Å². The molecule has 0 atom stereocenters. The standard InChI is InChI=1S/C10H8N2O3/c1-15-10-7-3-2-6-11-8(7)4-5-9(10)12(13)14/h2-6H,1H3. The summed E-state index contributed by atoms with van der Waals surface area (Å²) in [6.45, 7) is 0. The fourth-order valence-electron chi connectivity index (χ4n) is 1.47. The third-order valence-electron chi connectivity index (χ3n) is 2.12. The first-order valence-electron chi connectivity index (χ1n) is 4.30. The van der Waals surface area contributed by atoms with Gasteiger partial charge in [-0.1, -0.05) is 0 Å². The number of benzene rings is 1. The van der Waals surface area contributed by atoms with Gasteiger partial charge in [0.1, 0.15) is 0 Å². The molecule has 1 aromatic heterocycles. The number of fused-ring (bicyclic) bond motifs is 1. The molecule has 0 bridgehead atoms. The first-order valence-corrected chi connectivity index (χ1v) is 4.30. The van der Waals surface area contributed by atoms with Gasteiger partial charge in [0.15, 0.2) is 0 Å². The van der Waals surface area contributed by atoms with Gasteiger partial charge in [-0.2, -0.15) is 0 Å². The Morgan fingerprint density at radius 2 is 2.20 bits per heavy atom. The van der Waals surface area contributed by atoms with Crippen LogP contribution in [0.4, 0.5) is 5.69 Å². The fraction of sp³-hybridized carbons (Fsp3) is 0.100. The minimum absolute atomic E-state index is 0.0435. The zero-order chi connectivity index (χ0) is 10.8. The number of aromatic nitrogens is 1. The number of hydrogen-bond donors (Lipinski definition) is 0. The summed E-state index contributed by atoms with van der Waals surface area (Å²) < 4.78 is 5.04. The van der Waals surface area contributed by atoms with Crippen molar-refractivity contribution in [2.75, 3.05) is 7.11 Å². The van der Waals surface area contributed by atoms with Gasteiger partial charge in [-0.3, -0.25) is 15.1 Å². The van der Waals surface area contributed by atoms with Gasteiger partial charge in [-0.15, -0.1) is 0 Å². The first kappa shape index (κ1) is 9.39. The van der Waals surface area contributed by atoms with Crippen molar-refractivity contribution in [3.63, 3.8) is 0 Å². The third kappa shape index (κ3) is 1.48. The van der Waals surface area contributed by atoms with Crippen LogP contribution in [0.15, 0.2) is 30.5 Å². The number of nitro benzene ring substituents is 1. The highest BCUT2D eigenvalue weighted by Crippen LogP contribution is 2.33. The van der Waals surface area contributed by atoms with Crippen LogP contribution < -0.4 is 4.74 Å². The largest absolute Gasteiger partial charge is 0.490 e. The maximum absolute atomic E-state index is 10.7. The number of ether oxygens (including phenoxy) is 1. The van der Waals surface area contributed by atoms with Crippen LogP contribution >= 0.6 is 0 Å². The highest BCUT2D eigenvalue weighted by Gasteiger charge is 2.17. The molecule has 1 aromatic carbocycles. The van der Waals surface area contributed by atoms with Crippen LogP contribution in [0.5, 0.6) is 5.75 Å². The van der Waals surface area contributed by atoms with E-state index < -0.39 is 4.92 Å². The van der Waals surface area contributed by atoms with Crippen molar-refractivity contribution in [3.05, 3.63) is 40.6 Å². The molecule has 0 fully saturated rings. The van der Waals surface area contributed by atoms with E-state index in [0.717, 1.165) is 0 Å². The number of nitrogens with zero attached hydrogens (tertiary/aromatic N) is 2. The van der Waals surface area contributed by atoms with Crippen LogP contribution in [0.25, 0.3) is 10.9 Å². The minimum atomic E-state index is -0.467. The van der Waals surface area contributed by atoms with Crippen molar-refractivity contribution >= 4 is 16.6 Å². The maximum atomic E-state index is 10.7. The number of rotatable bonds is 2. The molecule has 1 heterocycles. The van der Waals surface area contributed by atoms with Gasteiger partial charge < -0.3 is 4.74 Å². The van der Waals surface area contributed by atoms with Crippen LogP contribution in [0.2, 0.25) is 0 Å². The second kappa shape index (κ2) is 3.53. The lowest BCUT2D eigenvalue weighted by molar-refractivity contribution is -0.385. The molecule has 0 unspecified atom stereocenters. The maximum Gasteiger partial charge on any atom is 0.311 e. The average Bonchev–Trinajstić information content (AvgIpc) is 2.27. The van der Waals surface area contributed by atoms with Gasteiger partial charge in [0.2, 0.25) is 5.75 Å². The summed E-state index contributed by atoms with van der Waals surface area (Å²) in [5, 5.41) is 11.4. The van der Waals surface area contributed by atoms with Crippen molar-refractivity contribution in [2.45, 2.75) is 0 Å². The van der Waals surface area contributed by atoms with Crippen LogP contribution in [0, 0.1) is 10.1 Å². The number of pyridine rings is 1. The summed E-state index contributed by atoms with van der Waals surface area (Å²) in [4.78, 5) is 14.4. The Labute approximate surface area is 85.5 Å². The summed E-state index contributed by atoms with van der Waals surface area (Å²) in [6.07, 6.45) is 1.63. The Hall–Kier alpha value is -2.17. The molecule has 15 heavy (non-hydrogen) atoms. The lowest BCUT2D eigenvalue weighted by Crippen LogP contribution is -1.94. The zero-order valence-electron chi connectivity index (χ0n) is 8.01. The lowest BCUT2D eigenvalue weighted by atomic mass is 10.2. The molecule has 76 valence electrons. The van der Waals surface area contributed by atoms with Gasteiger partial charge in [0.05, 0.1) is 17.5 Å². The summed E-state index contributed by atoms with van der Waals surface area (Å²) in [7, 11) is 1.41. The van der Waals surface area contributed by atoms with E-state index in [2.05, 4.69) is 4.98 Å². The van der Waals surface area contributed by atoms with Crippen LogP contribution in [-0.2, 0) is 0 Å². The molecule has 0 radical (unpaired) electrons. The summed E-state index contributed by atoms with van der Waals surface area (Å²) in [6, 6.07) is 6.47. The Balaban J connectivity index is 2.81. The highest BCUT2D eigenvalue weighted by molar-refractivity contribution is 5.88. The topological polar surface area (TPSA) is 65.3 Å². The van der Waals surface area contributed by atoms with Gasteiger partial charge in [0, 0.05) is 17.6 Å². The summed E-state index contributed by atoms with van der Waals surface area (Å²) in [5.74, 6) is 0.255. The predicted octanol–water partition coefficient (Wildman–Crippen LogP) is 2.15. The molecule has 0 N–H and O–H groups in total. The van der Waals surface area contributed by atoms with Crippen molar-refractivity contribution in [1.29, 1.82) is 0 Å². The summed E-state index contributed by atoms with van der Waals surface area (Å²) >= 11 is 0. The number of hydrogen-bond acceptors (Lipinski definition) is 4. The molecule has 0 saturated heterocycles. The first-order chi connectivity index (χ1) is 7.24. The molecule has 2 aromatic rings. The van der Waals surface area contributed by atoms with E-state index in [9.17, 15) is 10.1 Å². The Morgan fingerprint density at radius 1 is 1.40 bits per heavy atom. The van der Waals surface area contributed by atoms with Crippen molar-refractivity contribution < 1.29 is 9.66 Å². The quantitative estimate of drug-likeness (QED) is 0.555. The van der Waals surface area contributed by atoms with E-state index in [0.29, 0.717) is 10.9 Å². The fourth-order valence-corrected chi connectivity index (χ4v) is 1.47. The highest BCUT2D eigenvalue weighted by atomic mass is 16.6. The monoisotopic (exact) mass is 204 g/mol. The van der Waals surface area contributed by atoms with Crippen molar-refractivity contribution in [2.24, 2.45) is 0 Å². The molecular formula is C10H8N2O3.